The second kappa shape index (κ2) is 6.70. The number of nitrogens with two attached hydrogens (primary N) is 1. The minimum absolute atomic E-state index is 0.104. The highest BCUT2D eigenvalue weighted by Crippen LogP contribution is 2.34. The number of nitrogens with zero attached hydrogens (tertiary/aromatic N) is 3. The smallest absolute Gasteiger partial charge is 0.314 e. The first-order valence-electron chi connectivity index (χ1n) is 8.43. The minimum Gasteiger partial charge on any atom is -0.368 e. The number of amides is 2. The summed E-state index contributed by atoms with van der Waals surface area (Å²) in [5.74, 6) is 0.850. The highest BCUT2D eigenvalue weighted by atomic mass is 16.2. The molecule has 1 aliphatic heterocycles. The highest BCUT2D eigenvalue weighted by Gasteiger charge is 2.39. The van der Waals surface area contributed by atoms with Gasteiger partial charge in [-0.3, -0.25) is 4.90 Å². The molecule has 2 aliphatic rings. The third-order valence-corrected chi connectivity index (χ3v) is 4.99. The third-order valence-electron chi connectivity index (χ3n) is 4.99. The first-order chi connectivity index (χ1) is 11.1. The molecule has 0 radical (unpaired) electrons. The molecule has 2 heterocycles. The molecule has 23 heavy (non-hydrogen) atoms. The number of aromatic nitrogens is 2. The van der Waals surface area contributed by atoms with Crippen molar-refractivity contribution in [3.8, 4) is 0 Å². The number of nitrogens with one attached hydrogen (secondary N) is 2. The van der Waals surface area contributed by atoms with E-state index in [0.717, 1.165) is 44.5 Å². The molecule has 1 aromatic rings. The summed E-state index contributed by atoms with van der Waals surface area (Å²) in [4.78, 5) is 22.8. The Bertz CT molecular complexity index is 578. The molecule has 0 saturated carbocycles. The largest absolute Gasteiger partial charge is 0.368 e. The number of carbonyl (C=O) groups is 1. The number of carbonyl (C=O) groups excluding carboxylic acids is 1. The fourth-order valence-electron chi connectivity index (χ4n) is 4.01. The Morgan fingerprint density at radius 1 is 1.48 bits per heavy atom. The molecular formula is C16H26N6O. The SMILES string of the molecule is CCCN1CC(NC(=O)NC)C[C@@H]2Cc3nc(N)ncc3C[C@H]21. The lowest BCUT2D eigenvalue weighted by Gasteiger charge is -2.47. The standard InChI is InChI=1S/C16H26N6O/c1-3-4-22-9-12(20-16(23)18-2)5-10-6-13-11(7-14(10)22)8-19-15(17)21-13/h8,10,12,14H,3-7,9H2,1-2H3,(H2,17,19,21)(H2,18,20,23)/t10-,12?,14-/m1/s1. The van der Waals surface area contributed by atoms with Gasteiger partial charge < -0.3 is 16.4 Å². The maximum absolute atomic E-state index is 11.7. The molecule has 0 bridgehead atoms. The lowest BCUT2D eigenvalue weighted by Crippen LogP contribution is -2.58. The second-order valence-corrected chi connectivity index (χ2v) is 6.59. The number of piperidine rings is 1. The van der Waals surface area contributed by atoms with Crippen LogP contribution in [0.5, 0.6) is 0 Å². The molecule has 0 spiro atoms. The number of fused-ring (bicyclic) bond motifs is 2. The van der Waals surface area contributed by atoms with Crippen LogP contribution in [0.2, 0.25) is 0 Å². The van der Waals surface area contributed by atoms with Crippen molar-refractivity contribution in [3.63, 3.8) is 0 Å². The van der Waals surface area contributed by atoms with Crippen LogP contribution >= 0.6 is 0 Å². The topological polar surface area (TPSA) is 96.2 Å². The van der Waals surface area contributed by atoms with E-state index in [9.17, 15) is 4.79 Å². The Balaban J connectivity index is 1.80. The van der Waals surface area contributed by atoms with Crippen LogP contribution in [0, 0.1) is 5.92 Å². The number of anilines is 1. The normalized spacial score (nSPS) is 27.0. The Morgan fingerprint density at radius 3 is 3.04 bits per heavy atom. The molecule has 7 heteroatoms. The predicted molar refractivity (Wildman–Crippen MR) is 89.0 cm³/mol. The van der Waals surface area contributed by atoms with Crippen molar-refractivity contribution < 1.29 is 4.79 Å². The van der Waals surface area contributed by atoms with E-state index in [2.05, 4.69) is 32.4 Å². The molecule has 1 aromatic heterocycles. The quantitative estimate of drug-likeness (QED) is 0.756. The van der Waals surface area contributed by atoms with Gasteiger partial charge in [-0.2, -0.15) is 0 Å². The van der Waals surface area contributed by atoms with Crippen LogP contribution in [0.1, 0.15) is 31.0 Å². The van der Waals surface area contributed by atoms with Crippen molar-refractivity contribution in [2.24, 2.45) is 5.92 Å². The number of urea groups is 1. The molecule has 1 saturated heterocycles. The van der Waals surface area contributed by atoms with Crippen molar-refractivity contribution in [1.29, 1.82) is 0 Å². The van der Waals surface area contributed by atoms with Crippen LogP contribution in [0.4, 0.5) is 10.7 Å². The van der Waals surface area contributed by atoms with E-state index in [0.29, 0.717) is 17.9 Å². The zero-order chi connectivity index (χ0) is 16.4. The van der Waals surface area contributed by atoms with E-state index in [1.807, 2.05) is 6.20 Å². The number of likely N-dealkylation sites (tertiary alicyclic amines) is 1. The molecule has 1 aliphatic carbocycles. The van der Waals surface area contributed by atoms with E-state index in [1.165, 1.54) is 5.56 Å². The van der Waals surface area contributed by atoms with Crippen LogP contribution in [-0.4, -0.2) is 53.1 Å². The van der Waals surface area contributed by atoms with Crippen LogP contribution in [0.15, 0.2) is 6.20 Å². The number of nitrogen functional groups attached to an aromatic ring is 1. The maximum Gasteiger partial charge on any atom is 0.314 e. The van der Waals surface area contributed by atoms with Crippen LogP contribution in [0.3, 0.4) is 0 Å². The first kappa shape index (κ1) is 16.0. The summed E-state index contributed by atoms with van der Waals surface area (Å²) < 4.78 is 0. The Labute approximate surface area is 137 Å². The molecule has 0 aromatic carbocycles. The average molecular weight is 318 g/mol. The predicted octanol–water partition coefficient (Wildman–Crippen LogP) is 0.556. The number of hydrogen-bond acceptors (Lipinski definition) is 5. The molecule has 7 nitrogen and oxygen atoms in total. The summed E-state index contributed by atoms with van der Waals surface area (Å²) in [5, 5.41) is 5.72. The molecule has 4 N–H and O–H groups in total. The van der Waals surface area contributed by atoms with E-state index in [4.69, 9.17) is 5.73 Å². The Morgan fingerprint density at radius 2 is 2.30 bits per heavy atom. The van der Waals surface area contributed by atoms with Gasteiger partial charge in [0, 0.05) is 37.6 Å². The molecule has 3 rings (SSSR count). The lowest BCUT2D eigenvalue weighted by atomic mass is 9.76. The minimum atomic E-state index is -0.104. The van der Waals surface area contributed by atoms with Crippen molar-refractivity contribution in [3.05, 3.63) is 17.5 Å². The summed E-state index contributed by atoms with van der Waals surface area (Å²) in [6.07, 6.45) is 5.88. The van der Waals surface area contributed by atoms with Gasteiger partial charge in [0.05, 0.1) is 0 Å². The monoisotopic (exact) mass is 318 g/mol. The zero-order valence-electron chi connectivity index (χ0n) is 13.9. The van der Waals surface area contributed by atoms with Crippen molar-refractivity contribution in [2.75, 3.05) is 25.9 Å². The average Bonchev–Trinajstić information content (AvgIpc) is 2.53. The van der Waals surface area contributed by atoms with Gasteiger partial charge in [-0.05, 0) is 43.7 Å². The van der Waals surface area contributed by atoms with Crippen molar-refractivity contribution >= 4 is 12.0 Å². The fourth-order valence-corrected chi connectivity index (χ4v) is 4.01. The van der Waals surface area contributed by atoms with Crippen LogP contribution in [0.25, 0.3) is 0 Å². The van der Waals surface area contributed by atoms with Gasteiger partial charge in [0.25, 0.3) is 0 Å². The highest BCUT2D eigenvalue weighted by molar-refractivity contribution is 5.73. The van der Waals surface area contributed by atoms with Gasteiger partial charge in [-0.1, -0.05) is 6.92 Å². The number of rotatable bonds is 3. The zero-order valence-corrected chi connectivity index (χ0v) is 13.9. The number of hydrogen-bond donors (Lipinski definition) is 3. The van der Waals surface area contributed by atoms with Crippen LogP contribution < -0.4 is 16.4 Å². The summed E-state index contributed by atoms with van der Waals surface area (Å²) in [5.41, 5.74) is 8.04. The second-order valence-electron chi connectivity index (χ2n) is 6.59. The summed E-state index contributed by atoms with van der Waals surface area (Å²) in [7, 11) is 1.65. The fraction of sp³-hybridized carbons (Fsp3) is 0.688. The van der Waals surface area contributed by atoms with E-state index in [1.54, 1.807) is 7.05 Å². The van der Waals surface area contributed by atoms with Gasteiger partial charge in [-0.25, -0.2) is 14.8 Å². The first-order valence-corrected chi connectivity index (χ1v) is 8.43. The van der Waals surface area contributed by atoms with E-state index >= 15 is 0 Å². The molecule has 3 atom stereocenters. The van der Waals surface area contributed by atoms with Gasteiger partial charge in [0.2, 0.25) is 5.95 Å². The molecule has 1 unspecified atom stereocenters. The molecule has 2 amide bonds. The maximum atomic E-state index is 11.7. The molecule has 1 fully saturated rings. The Hall–Kier alpha value is -1.89. The molecule has 126 valence electrons. The lowest BCUT2D eigenvalue weighted by molar-refractivity contribution is 0.0645. The van der Waals surface area contributed by atoms with E-state index in [-0.39, 0.29) is 12.1 Å². The van der Waals surface area contributed by atoms with Crippen molar-refractivity contribution in [1.82, 2.24) is 25.5 Å². The Kier molecular flexibility index (Phi) is 4.66. The summed E-state index contributed by atoms with van der Waals surface area (Å²) >= 11 is 0. The summed E-state index contributed by atoms with van der Waals surface area (Å²) in [6, 6.07) is 0.591. The summed E-state index contributed by atoms with van der Waals surface area (Å²) in [6.45, 7) is 4.16. The van der Waals surface area contributed by atoms with Gasteiger partial charge in [0.1, 0.15) is 0 Å². The van der Waals surface area contributed by atoms with Crippen molar-refractivity contribution in [2.45, 2.75) is 44.7 Å². The van der Waals surface area contributed by atoms with Gasteiger partial charge >= 0.3 is 6.03 Å². The van der Waals surface area contributed by atoms with Gasteiger partial charge in [-0.15, -0.1) is 0 Å². The van der Waals surface area contributed by atoms with Crippen LogP contribution in [-0.2, 0) is 12.8 Å². The van der Waals surface area contributed by atoms with Gasteiger partial charge in [0.15, 0.2) is 0 Å². The molecular weight excluding hydrogens is 292 g/mol. The third kappa shape index (κ3) is 3.39. The van der Waals surface area contributed by atoms with E-state index < -0.39 is 0 Å².